The van der Waals surface area contributed by atoms with Crippen LogP contribution in [0.2, 0.25) is 5.02 Å². The summed E-state index contributed by atoms with van der Waals surface area (Å²) in [5.41, 5.74) is 0.354. The van der Waals surface area contributed by atoms with E-state index in [2.05, 4.69) is 5.32 Å². The number of carbonyl (C=O) groups excluding carboxylic acids is 1. The van der Waals surface area contributed by atoms with Gasteiger partial charge in [-0.05, 0) is 44.9 Å². The summed E-state index contributed by atoms with van der Waals surface area (Å²) >= 11 is 5.94. The number of halogens is 1. The first kappa shape index (κ1) is 18.0. The molecule has 0 unspecified atom stereocenters. The van der Waals surface area contributed by atoms with Gasteiger partial charge in [0.15, 0.2) is 5.78 Å². The highest BCUT2D eigenvalue weighted by atomic mass is 35.5. The van der Waals surface area contributed by atoms with E-state index in [1.54, 1.807) is 18.2 Å². The molecule has 0 spiro atoms. The number of rotatable bonds is 4. The van der Waals surface area contributed by atoms with Crippen molar-refractivity contribution >= 4 is 17.4 Å². The number of nitrogens with one attached hydrogen (secondary N) is 1. The quantitative estimate of drug-likeness (QED) is 0.885. The van der Waals surface area contributed by atoms with Gasteiger partial charge in [0.25, 0.3) is 0 Å². The summed E-state index contributed by atoms with van der Waals surface area (Å²) in [4.78, 5) is 12.7. The van der Waals surface area contributed by atoms with E-state index >= 15 is 0 Å². The van der Waals surface area contributed by atoms with E-state index in [0.717, 1.165) is 5.56 Å². The second kappa shape index (κ2) is 6.37. The molecule has 0 amide bonds. The van der Waals surface area contributed by atoms with Gasteiger partial charge in [0, 0.05) is 11.0 Å². The van der Waals surface area contributed by atoms with Gasteiger partial charge >= 0.3 is 0 Å². The van der Waals surface area contributed by atoms with Crippen molar-refractivity contribution in [2.24, 2.45) is 5.41 Å². The lowest BCUT2D eigenvalue weighted by Gasteiger charge is -2.32. The molecule has 0 fully saturated rings. The molecule has 2 N–H and O–H groups in total. The fraction of sp³-hybridized carbons (Fsp3) is 0.588. The molecule has 3 nitrogen and oxygen atoms in total. The SMILES string of the molecule is CC(C)(C)N[C@@H](Cc1ccc(O)c(Cl)c1)C(=O)C(C)(C)C. The number of hydrogen-bond acceptors (Lipinski definition) is 3. The lowest BCUT2D eigenvalue weighted by atomic mass is 9.83. The maximum Gasteiger partial charge on any atom is 0.155 e. The van der Waals surface area contributed by atoms with Gasteiger partial charge in [-0.25, -0.2) is 0 Å². The van der Waals surface area contributed by atoms with Gasteiger partial charge in [-0.2, -0.15) is 0 Å². The van der Waals surface area contributed by atoms with Crippen molar-refractivity contribution < 1.29 is 9.90 Å². The van der Waals surface area contributed by atoms with Crippen LogP contribution in [0.25, 0.3) is 0 Å². The summed E-state index contributed by atoms with van der Waals surface area (Å²) in [6, 6.07) is 4.79. The molecule has 0 bridgehead atoms. The molecule has 0 heterocycles. The predicted octanol–water partition coefficient (Wildman–Crippen LogP) is 3.96. The first-order valence-corrected chi connectivity index (χ1v) is 7.57. The molecule has 1 aromatic carbocycles. The van der Waals surface area contributed by atoms with Crippen molar-refractivity contribution in [1.82, 2.24) is 5.32 Å². The molecule has 4 heteroatoms. The highest BCUT2D eigenvalue weighted by Crippen LogP contribution is 2.26. The molecule has 0 aromatic heterocycles. The number of Topliss-reactive ketones (excluding diaryl/α,β-unsaturated/α-hetero) is 1. The predicted molar refractivity (Wildman–Crippen MR) is 88.0 cm³/mol. The molecule has 1 rings (SSSR count). The van der Waals surface area contributed by atoms with Gasteiger partial charge in [-0.1, -0.05) is 38.4 Å². The number of phenols is 1. The third kappa shape index (κ3) is 5.68. The molecule has 118 valence electrons. The van der Waals surface area contributed by atoms with Gasteiger partial charge < -0.3 is 10.4 Å². The van der Waals surface area contributed by atoms with Crippen LogP contribution >= 0.6 is 11.6 Å². The van der Waals surface area contributed by atoms with E-state index in [-0.39, 0.29) is 23.1 Å². The lowest BCUT2D eigenvalue weighted by Crippen LogP contribution is -2.51. The summed E-state index contributed by atoms with van der Waals surface area (Å²) < 4.78 is 0. The minimum Gasteiger partial charge on any atom is -0.506 e. The van der Waals surface area contributed by atoms with E-state index in [1.165, 1.54) is 0 Å². The Kier molecular flexibility index (Phi) is 5.46. The third-order valence-electron chi connectivity index (χ3n) is 3.11. The molecule has 0 saturated heterocycles. The van der Waals surface area contributed by atoms with Crippen molar-refractivity contribution in [3.8, 4) is 5.75 Å². The van der Waals surface area contributed by atoms with Crippen LogP contribution in [0.3, 0.4) is 0 Å². The molecular formula is C17H26ClNO2. The Labute approximate surface area is 132 Å². The number of hydrogen-bond donors (Lipinski definition) is 2. The second-order valence-corrected chi connectivity index (χ2v) is 7.96. The average molecular weight is 312 g/mol. The average Bonchev–Trinajstić information content (AvgIpc) is 2.29. The third-order valence-corrected chi connectivity index (χ3v) is 3.42. The van der Waals surface area contributed by atoms with Gasteiger partial charge in [-0.3, -0.25) is 4.79 Å². The van der Waals surface area contributed by atoms with Crippen LogP contribution in [-0.2, 0) is 11.2 Å². The van der Waals surface area contributed by atoms with Crippen LogP contribution < -0.4 is 5.32 Å². The van der Waals surface area contributed by atoms with Crippen LogP contribution in [0.15, 0.2) is 18.2 Å². The maximum absolute atomic E-state index is 12.7. The molecule has 0 radical (unpaired) electrons. The van der Waals surface area contributed by atoms with Crippen molar-refractivity contribution in [2.45, 2.75) is 59.5 Å². The smallest absolute Gasteiger partial charge is 0.155 e. The highest BCUT2D eigenvalue weighted by molar-refractivity contribution is 6.32. The monoisotopic (exact) mass is 311 g/mol. The number of ketones is 1. The van der Waals surface area contributed by atoms with E-state index in [1.807, 2.05) is 41.5 Å². The van der Waals surface area contributed by atoms with E-state index in [0.29, 0.717) is 11.4 Å². The van der Waals surface area contributed by atoms with Crippen molar-refractivity contribution in [3.63, 3.8) is 0 Å². The van der Waals surface area contributed by atoms with E-state index in [9.17, 15) is 9.90 Å². The van der Waals surface area contributed by atoms with E-state index < -0.39 is 5.41 Å². The first-order chi connectivity index (χ1) is 9.40. The lowest BCUT2D eigenvalue weighted by molar-refractivity contribution is -0.128. The normalized spacial score (nSPS) is 14.0. The Morgan fingerprint density at radius 1 is 1.24 bits per heavy atom. The van der Waals surface area contributed by atoms with Crippen LogP contribution in [0.1, 0.15) is 47.1 Å². The maximum atomic E-state index is 12.7. The Hall–Kier alpha value is -1.06. The van der Waals surface area contributed by atoms with Gasteiger partial charge in [0.1, 0.15) is 5.75 Å². The van der Waals surface area contributed by atoms with E-state index in [4.69, 9.17) is 11.6 Å². The number of phenolic OH excluding ortho intramolecular Hbond substituents is 1. The molecule has 0 saturated carbocycles. The molecule has 0 aliphatic heterocycles. The molecule has 1 aromatic rings. The van der Waals surface area contributed by atoms with Gasteiger partial charge in [0.05, 0.1) is 11.1 Å². The minimum atomic E-state index is -0.413. The van der Waals surface area contributed by atoms with Gasteiger partial charge in [0.2, 0.25) is 0 Å². The molecule has 0 aliphatic rings. The highest BCUT2D eigenvalue weighted by Gasteiger charge is 2.32. The van der Waals surface area contributed by atoms with Crippen molar-refractivity contribution in [3.05, 3.63) is 28.8 Å². The molecule has 1 atom stereocenters. The fourth-order valence-electron chi connectivity index (χ4n) is 2.17. The fourth-order valence-corrected chi connectivity index (χ4v) is 2.37. The first-order valence-electron chi connectivity index (χ1n) is 7.19. The standard InChI is InChI=1S/C17H26ClNO2/c1-16(2,3)15(21)13(19-17(4,5)6)10-11-7-8-14(20)12(18)9-11/h7-9,13,19-20H,10H2,1-6H3/t13-/m0/s1. The number of benzene rings is 1. The summed E-state index contributed by atoms with van der Waals surface area (Å²) in [6.45, 7) is 11.9. The minimum absolute atomic E-state index is 0.0582. The second-order valence-electron chi connectivity index (χ2n) is 7.55. The number of carbonyl (C=O) groups is 1. The summed E-state index contributed by atoms with van der Waals surface area (Å²) in [7, 11) is 0. The Morgan fingerprint density at radius 3 is 2.24 bits per heavy atom. The van der Waals surface area contributed by atoms with Crippen LogP contribution in [-0.4, -0.2) is 22.5 Å². The number of aromatic hydroxyl groups is 1. The Morgan fingerprint density at radius 2 is 1.81 bits per heavy atom. The zero-order chi connectivity index (χ0) is 16.4. The zero-order valence-electron chi connectivity index (χ0n) is 13.7. The van der Waals surface area contributed by atoms with Gasteiger partial charge in [-0.15, -0.1) is 0 Å². The summed E-state index contributed by atoms with van der Waals surface area (Å²) in [5.74, 6) is 0.226. The van der Waals surface area contributed by atoms with Crippen molar-refractivity contribution in [1.29, 1.82) is 0 Å². The zero-order valence-corrected chi connectivity index (χ0v) is 14.5. The largest absolute Gasteiger partial charge is 0.506 e. The van der Waals surface area contributed by atoms with Crippen molar-refractivity contribution in [2.75, 3.05) is 0 Å². The van der Waals surface area contributed by atoms with Crippen LogP contribution in [0, 0.1) is 5.41 Å². The topological polar surface area (TPSA) is 49.3 Å². The summed E-state index contributed by atoms with van der Waals surface area (Å²) in [5, 5.41) is 13.2. The van der Waals surface area contributed by atoms with Crippen LogP contribution in [0.5, 0.6) is 5.75 Å². The Bertz CT molecular complexity index is 513. The molecule has 0 aliphatic carbocycles. The Balaban J connectivity index is 3.01. The summed E-state index contributed by atoms with van der Waals surface area (Å²) in [6.07, 6.45) is 0.549. The van der Waals surface area contributed by atoms with Crippen LogP contribution in [0.4, 0.5) is 0 Å². The molecular weight excluding hydrogens is 286 g/mol. The molecule has 21 heavy (non-hydrogen) atoms.